The van der Waals surface area contributed by atoms with Crippen molar-refractivity contribution in [2.24, 2.45) is 5.84 Å². The Morgan fingerprint density at radius 3 is 2.25 bits per heavy atom. The highest BCUT2D eigenvalue weighted by Crippen LogP contribution is 1.77. The zero-order valence-corrected chi connectivity index (χ0v) is 4.92. The first-order valence-corrected chi connectivity index (χ1v) is 2.35. The van der Waals surface area contributed by atoms with Gasteiger partial charge >= 0.3 is 0 Å². The summed E-state index contributed by atoms with van der Waals surface area (Å²) in [5.41, 5.74) is 0.250. The van der Waals surface area contributed by atoms with E-state index in [1.54, 1.807) is 0 Å². The summed E-state index contributed by atoms with van der Waals surface area (Å²) in [7, 11) is 0. The molecular formula is C4H11N3O. The first-order valence-electron chi connectivity index (χ1n) is 2.35. The Kier molecular flexibility index (Phi) is 21.0. The van der Waals surface area contributed by atoms with E-state index in [9.17, 15) is 0 Å². The highest BCUT2D eigenvalue weighted by atomic mass is 16.5. The van der Waals surface area contributed by atoms with E-state index in [2.05, 4.69) is 5.84 Å². The first-order chi connectivity index (χ1) is 3.83. The second kappa shape index (κ2) is 16.2. The zero-order valence-electron chi connectivity index (χ0n) is 4.92. The molecule has 4 N–H and O–H groups in total. The van der Waals surface area contributed by atoms with Crippen LogP contribution in [0.15, 0.2) is 0 Å². The normalized spacial score (nSPS) is 6.25. The molecule has 0 radical (unpaired) electrons. The fourth-order valence-corrected chi connectivity index (χ4v) is 0.112. The van der Waals surface area contributed by atoms with Crippen LogP contribution in [0, 0.1) is 16.5 Å². The van der Waals surface area contributed by atoms with E-state index >= 15 is 0 Å². The Morgan fingerprint density at radius 1 is 1.88 bits per heavy atom. The minimum absolute atomic E-state index is 0.250. The second-order valence-electron chi connectivity index (χ2n) is 1.04. The molecule has 0 atom stereocenters. The first kappa shape index (κ1) is 10.4. The van der Waals surface area contributed by atoms with Gasteiger partial charge in [0.05, 0.1) is 6.07 Å². The van der Waals surface area contributed by atoms with Gasteiger partial charge in [0.1, 0.15) is 0 Å². The lowest BCUT2D eigenvalue weighted by molar-refractivity contribution is -0.601. The number of hydrogen-bond donors (Lipinski definition) is 2. The van der Waals surface area contributed by atoms with Crippen molar-refractivity contribution in [3.05, 3.63) is 5.21 Å². The molecule has 0 spiro atoms. The van der Waals surface area contributed by atoms with Crippen molar-refractivity contribution in [1.82, 2.24) is 0 Å². The molecule has 0 heterocycles. The van der Waals surface area contributed by atoms with Gasteiger partial charge in [-0.25, -0.2) is 0 Å². The third-order valence-corrected chi connectivity index (χ3v) is 0.362. The molecule has 4 nitrogen and oxygen atoms in total. The molecule has 0 aromatic carbocycles. The molecule has 0 unspecified atom stereocenters. The second-order valence-corrected chi connectivity index (χ2v) is 1.04. The van der Waals surface area contributed by atoms with Crippen molar-refractivity contribution in [3.8, 4) is 6.07 Å². The maximum absolute atomic E-state index is 8.58. The predicted molar refractivity (Wildman–Crippen MR) is 30.0 cm³/mol. The largest absolute Gasteiger partial charge is 0.615 e. The molecule has 0 aromatic heterocycles. The fraction of sp³-hybridized carbons (Fsp3) is 0.750. The molecule has 0 amide bonds. The van der Waals surface area contributed by atoms with Gasteiger partial charge in [0.15, 0.2) is 0 Å². The molecule has 0 aromatic rings. The fourth-order valence-electron chi connectivity index (χ4n) is 0.112. The zero-order chi connectivity index (χ0) is 6.83. The molecule has 48 valence electrons. The van der Waals surface area contributed by atoms with E-state index in [0.29, 0.717) is 6.42 Å². The molecule has 4 heteroatoms. The molecule has 0 aliphatic carbocycles. The maximum Gasteiger partial charge on any atom is 0.0621 e. The topological polar surface area (TPSA) is 89.5 Å². The van der Waals surface area contributed by atoms with E-state index in [-0.39, 0.29) is 5.59 Å². The van der Waals surface area contributed by atoms with E-state index in [1.165, 1.54) is 0 Å². The van der Waals surface area contributed by atoms with Gasteiger partial charge in [0.25, 0.3) is 0 Å². The van der Waals surface area contributed by atoms with Crippen LogP contribution >= 0.6 is 0 Å². The quantitative estimate of drug-likeness (QED) is 0.349. The van der Waals surface area contributed by atoms with Crippen molar-refractivity contribution < 1.29 is 5.59 Å². The Balaban J connectivity index is 0. The van der Waals surface area contributed by atoms with Crippen molar-refractivity contribution >= 4 is 0 Å². The standard InChI is InChI=1S/C4H7N.H4N2O/c1-2-3-4-5;1-2-3/h2-3H2,1H3;1-2H2. The molecule has 0 saturated heterocycles. The summed E-state index contributed by atoms with van der Waals surface area (Å²) in [4.78, 5) is 0. The predicted octanol–water partition coefficient (Wildman–Crippen LogP) is -0.769. The van der Waals surface area contributed by atoms with E-state index in [1.807, 2.05) is 13.0 Å². The van der Waals surface area contributed by atoms with Crippen LogP contribution < -0.4 is 11.4 Å². The number of rotatable bonds is 1. The number of nitrogens with two attached hydrogens (primary N) is 2. The van der Waals surface area contributed by atoms with Crippen molar-refractivity contribution in [1.29, 1.82) is 5.26 Å². The smallest absolute Gasteiger partial charge is 0.0621 e. The summed E-state index contributed by atoms with van der Waals surface area (Å²) in [6.07, 6.45) is 1.68. The van der Waals surface area contributed by atoms with Gasteiger partial charge in [-0.2, -0.15) is 11.1 Å². The van der Waals surface area contributed by atoms with Crippen LogP contribution in [0.25, 0.3) is 0 Å². The van der Waals surface area contributed by atoms with Crippen LogP contribution in [-0.4, -0.2) is 0 Å². The third-order valence-electron chi connectivity index (χ3n) is 0.362. The Labute approximate surface area is 48.8 Å². The average molecular weight is 117 g/mol. The van der Waals surface area contributed by atoms with Gasteiger partial charge < -0.3 is 10.8 Å². The van der Waals surface area contributed by atoms with E-state index < -0.39 is 0 Å². The van der Waals surface area contributed by atoms with Gasteiger partial charge in [0, 0.05) is 6.42 Å². The lowest BCUT2D eigenvalue weighted by atomic mass is 10.4. The van der Waals surface area contributed by atoms with Gasteiger partial charge in [-0.15, -0.1) is 0 Å². The lowest BCUT2D eigenvalue weighted by Gasteiger charge is -1.79. The van der Waals surface area contributed by atoms with Gasteiger partial charge in [-0.3, -0.25) is 0 Å². The Morgan fingerprint density at radius 2 is 2.25 bits per heavy atom. The van der Waals surface area contributed by atoms with Crippen molar-refractivity contribution in [2.45, 2.75) is 19.8 Å². The number of unbranched alkanes of at least 4 members (excludes halogenated alkanes) is 1. The summed E-state index contributed by atoms with van der Waals surface area (Å²) in [5.74, 6) is 4.17. The maximum atomic E-state index is 8.58. The third kappa shape index (κ3) is 54.6. The van der Waals surface area contributed by atoms with Crippen LogP contribution in [-0.2, 0) is 0 Å². The minimum Gasteiger partial charge on any atom is -0.615 e. The van der Waals surface area contributed by atoms with Gasteiger partial charge in [0.2, 0.25) is 0 Å². The number of nitrogens with zero attached hydrogens (tertiary/aromatic N) is 1. The molecule has 0 aliphatic heterocycles. The molecular weight excluding hydrogens is 106 g/mol. The average Bonchev–Trinajstić information content (AvgIpc) is 1.71. The minimum atomic E-state index is 0.250. The summed E-state index contributed by atoms with van der Waals surface area (Å²) >= 11 is 0. The van der Waals surface area contributed by atoms with Gasteiger partial charge in [-0.1, -0.05) is 6.92 Å². The summed E-state index contributed by atoms with van der Waals surface area (Å²) in [6.45, 7) is 1.99. The van der Waals surface area contributed by atoms with Crippen molar-refractivity contribution in [2.75, 3.05) is 0 Å². The highest BCUT2D eigenvalue weighted by Gasteiger charge is 1.65. The van der Waals surface area contributed by atoms with Crippen LogP contribution in [0.2, 0.25) is 0 Å². The number of quaternary nitrogens is 1. The Bertz CT molecular complexity index is 58.8. The van der Waals surface area contributed by atoms with Crippen LogP contribution in [0.1, 0.15) is 19.8 Å². The van der Waals surface area contributed by atoms with Crippen LogP contribution in [0.3, 0.4) is 0 Å². The monoisotopic (exact) mass is 117 g/mol. The van der Waals surface area contributed by atoms with Crippen LogP contribution in [0.5, 0.6) is 0 Å². The highest BCUT2D eigenvalue weighted by molar-refractivity contribution is 4.65. The molecule has 0 saturated carbocycles. The lowest BCUT2D eigenvalue weighted by Crippen LogP contribution is -2.84. The van der Waals surface area contributed by atoms with Gasteiger partial charge in [-0.05, 0) is 6.42 Å². The van der Waals surface area contributed by atoms with Crippen molar-refractivity contribution in [3.63, 3.8) is 0 Å². The molecule has 0 bridgehead atoms. The Hall–Kier alpha value is -0.630. The molecule has 0 aliphatic rings. The summed E-state index contributed by atoms with van der Waals surface area (Å²) in [6, 6.07) is 2.02. The van der Waals surface area contributed by atoms with E-state index in [4.69, 9.17) is 10.5 Å². The molecule has 0 fully saturated rings. The molecule has 8 heavy (non-hydrogen) atoms. The van der Waals surface area contributed by atoms with E-state index in [0.717, 1.165) is 6.42 Å². The number of hydrogen-bond acceptors (Lipinski definition) is 3. The van der Waals surface area contributed by atoms with Crippen LogP contribution in [0.4, 0.5) is 0 Å². The molecule has 0 rings (SSSR count). The SMILES string of the molecule is CCCC#N.N[NH2+][O-]. The summed E-state index contributed by atoms with van der Waals surface area (Å²) < 4.78 is 0. The summed E-state index contributed by atoms with van der Waals surface area (Å²) in [5, 5.41) is 16.4. The number of nitriles is 1.